The van der Waals surface area contributed by atoms with Crippen LogP contribution in [0, 0.1) is 0 Å². The summed E-state index contributed by atoms with van der Waals surface area (Å²) < 4.78 is 10.5. The van der Waals surface area contributed by atoms with Crippen LogP contribution in [0.4, 0.5) is 0 Å². The average Bonchev–Trinajstić information content (AvgIpc) is 2.27. The smallest absolute Gasteiger partial charge is 0.118 e. The van der Waals surface area contributed by atoms with Crippen LogP contribution in [0.3, 0.4) is 0 Å². The summed E-state index contributed by atoms with van der Waals surface area (Å²) in [4.78, 5) is 0. The van der Waals surface area contributed by atoms with Crippen molar-refractivity contribution in [2.24, 2.45) is 0 Å². The number of ether oxygens (including phenoxy) is 2. The predicted octanol–water partition coefficient (Wildman–Crippen LogP) is 3.10. The second-order valence-electron chi connectivity index (χ2n) is 3.57. The lowest BCUT2D eigenvalue weighted by Crippen LogP contribution is -2.11. The molecule has 0 radical (unpaired) electrons. The van der Waals surface area contributed by atoms with Crippen LogP contribution in [0.5, 0.6) is 0 Å². The molecule has 0 saturated heterocycles. The number of hydrogen-bond acceptors (Lipinski definition) is 2. The molecule has 0 aliphatic rings. The van der Waals surface area contributed by atoms with E-state index in [9.17, 15) is 0 Å². The fraction of sp³-hybridized carbons (Fsp3) is 0.385. The summed E-state index contributed by atoms with van der Waals surface area (Å²) in [7, 11) is 1.67. The SMILES string of the molecule is COCC(C)OC=C(C)c1ccccc1. The van der Waals surface area contributed by atoms with Crippen LogP contribution in [0.15, 0.2) is 36.6 Å². The number of allylic oxidation sites excluding steroid dienone is 1. The van der Waals surface area contributed by atoms with E-state index in [4.69, 9.17) is 9.47 Å². The van der Waals surface area contributed by atoms with Gasteiger partial charge < -0.3 is 9.47 Å². The first-order valence-electron chi connectivity index (χ1n) is 5.10. The normalized spacial score (nSPS) is 13.7. The van der Waals surface area contributed by atoms with Crippen molar-refractivity contribution >= 4 is 5.57 Å². The number of hydrogen-bond donors (Lipinski definition) is 0. The van der Waals surface area contributed by atoms with E-state index in [0.29, 0.717) is 6.61 Å². The molecule has 1 unspecified atom stereocenters. The summed E-state index contributed by atoms with van der Waals surface area (Å²) in [5.41, 5.74) is 2.31. The van der Waals surface area contributed by atoms with Gasteiger partial charge in [-0.25, -0.2) is 0 Å². The Morgan fingerprint density at radius 3 is 2.60 bits per heavy atom. The van der Waals surface area contributed by atoms with E-state index in [1.807, 2.05) is 32.0 Å². The Kier molecular flexibility index (Phi) is 4.91. The molecule has 0 spiro atoms. The summed E-state index contributed by atoms with van der Waals surface area (Å²) in [6.45, 7) is 4.63. The third kappa shape index (κ3) is 4.17. The molecular formula is C13H18O2. The van der Waals surface area contributed by atoms with E-state index in [-0.39, 0.29) is 6.10 Å². The van der Waals surface area contributed by atoms with Gasteiger partial charge in [-0.3, -0.25) is 0 Å². The molecule has 15 heavy (non-hydrogen) atoms. The Labute approximate surface area is 91.5 Å². The predicted molar refractivity (Wildman–Crippen MR) is 62.5 cm³/mol. The summed E-state index contributed by atoms with van der Waals surface area (Å²) in [5, 5.41) is 0. The van der Waals surface area contributed by atoms with E-state index >= 15 is 0 Å². The molecule has 0 fully saturated rings. The largest absolute Gasteiger partial charge is 0.496 e. The number of rotatable bonds is 5. The van der Waals surface area contributed by atoms with Crippen molar-refractivity contribution in [3.05, 3.63) is 42.2 Å². The van der Waals surface area contributed by atoms with Gasteiger partial charge in [0.2, 0.25) is 0 Å². The van der Waals surface area contributed by atoms with Crippen molar-refractivity contribution in [3.63, 3.8) is 0 Å². The molecule has 2 nitrogen and oxygen atoms in total. The van der Waals surface area contributed by atoms with Gasteiger partial charge in [-0.1, -0.05) is 30.3 Å². The number of methoxy groups -OCH3 is 1. The van der Waals surface area contributed by atoms with Gasteiger partial charge in [0.15, 0.2) is 0 Å². The monoisotopic (exact) mass is 206 g/mol. The molecule has 1 aromatic carbocycles. The van der Waals surface area contributed by atoms with Gasteiger partial charge in [0.25, 0.3) is 0 Å². The second-order valence-corrected chi connectivity index (χ2v) is 3.57. The van der Waals surface area contributed by atoms with Gasteiger partial charge >= 0.3 is 0 Å². The van der Waals surface area contributed by atoms with Crippen LogP contribution < -0.4 is 0 Å². The lowest BCUT2D eigenvalue weighted by molar-refractivity contribution is 0.0638. The van der Waals surface area contributed by atoms with Crippen LogP contribution in [0.1, 0.15) is 19.4 Å². The first kappa shape index (κ1) is 11.8. The summed E-state index contributed by atoms with van der Waals surface area (Å²) in [6, 6.07) is 10.2. The first-order chi connectivity index (χ1) is 7.24. The molecule has 0 aromatic heterocycles. The molecule has 1 rings (SSSR count). The topological polar surface area (TPSA) is 18.5 Å². The standard InChI is InChI=1S/C13H18O2/c1-11(9-15-12(2)10-14-3)13-7-5-4-6-8-13/h4-9,12H,10H2,1-3H3. The molecule has 0 bridgehead atoms. The average molecular weight is 206 g/mol. The van der Waals surface area contributed by atoms with Crippen LogP contribution in [-0.4, -0.2) is 19.8 Å². The Morgan fingerprint density at radius 1 is 1.33 bits per heavy atom. The molecule has 1 aromatic rings. The summed E-state index contributed by atoms with van der Waals surface area (Å²) >= 11 is 0. The summed E-state index contributed by atoms with van der Waals surface area (Å²) in [5.74, 6) is 0. The van der Waals surface area contributed by atoms with Crippen molar-refractivity contribution in [2.45, 2.75) is 20.0 Å². The van der Waals surface area contributed by atoms with Crippen molar-refractivity contribution < 1.29 is 9.47 Å². The molecule has 0 N–H and O–H groups in total. The highest BCUT2D eigenvalue weighted by atomic mass is 16.5. The van der Waals surface area contributed by atoms with Gasteiger partial charge in [-0.15, -0.1) is 0 Å². The molecule has 0 saturated carbocycles. The molecule has 2 heteroatoms. The maximum atomic E-state index is 5.51. The van der Waals surface area contributed by atoms with Crippen LogP contribution in [0.25, 0.3) is 5.57 Å². The Balaban J connectivity index is 2.53. The van der Waals surface area contributed by atoms with E-state index in [1.54, 1.807) is 13.4 Å². The van der Waals surface area contributed by atoms with Gasteiger partial charge in [0.1, 0.15) is 6.10 Å². The third-order valence-corrected chi connectivity index (χ3v) is 2.11. The quantitative estimate of drug-likeness (QED) is 0.689. The Morgan fingerprint density at radius 2 is 2.00 bits per heavy atom. The van der Waals surface area contributed by atoms with Crippen LogP contribution in [-0.2, 0) is 9.47 Å². The molecule has 0 amide bonds. The lowest BCUT2D eigenvalue weighted by atomic mass is 10.1. The van der Waals surface area contributed by atoms with Crippen LogP contribution in [0.2, 0.25) is 0 Å². The minimum Gasteiger partial charge on any atom is -0.496 e. The Bertz CT molecular complexity index is 304. The Hall–Kier alpha value is -1.28. The van der Waals surface area contributed by atoms with Gasteiger partial charge in [-0.2, -0.15) is 0 Å². The van der Waals surface area contributed by atoms with Crippen molar-refractivity contribution in [1.82, 2.24) is 0 Å². The third-order valence-electron chi connectivity index (χ3n) is 2.11. The first-order valence-corrected chi connectivity index (χ1v) is 5.10. The minimum atomic E-state index is 0.0914. The molecule has 0 heterocycles. The minimum absolute atomic E-state index is 0.0914. The van der Waals surface area contributed by atoms with Crippen molar-refractivity contribution in [3.8, 4) is 0 Å². The van der Waals surface area contributed by atoms with Gasteiger partial charge in [0.05, 0.1) is 12.9 Å². The van der Waals surface area contributed by atoms with Gasteiger partial charge in [-0.05, 0) is 25.0 Å². The lowest BCUT2D eigenvalue weighted by Gasteiger charge is -2.10. The van der Waals surface area contributed by atoms with Gasteiger partial charge in [0, 0.05) is 7.11 Å². The molecule has 0 aliphatic heterocycles. The fourth-order valence-corrected chi connectivity index (χ4v) is 1.26. The number of benzene rings is 1. The van der Waals surface area contributed by atoms with E-state index in [0.717, 1.165) is 5.57 Å². The highest BCUT2D eigenvalue weighted by Crippen LogP contribution is 2.13. The second kappa shape index (κ2) is 6.25. The zero-order valence-corrected chi connectivity index (χ0v) is 9.57. The molecule has 1 atom stereocenters. The highest BCUT2D eigenvalue weighted by Gasteiger charge is 1.99. The van der Waals surface area contributed by atoms with Crippen molar-refractivity contribution in [2.75, 3.05) is 13.7 Å². The molecular weight excluding hydrogens is 188 g/mol. The fourth-order valence-electron chi connectivity index (χ4n) is 1.26. The van der Waals surface area contributed by atoms with E-state index in [1.165, 1.54) is 5.56 Å². The van der Waals surface area contributed by atoms with Crippen LogP contribution >= 0.6 is 0 Å². The molecule has 0 aliphatic carbocycles. The highest BCUT2D eigenvalue weighted by molar-refractivity contribution is 5.62. The molecule has 82 valence electrons. The maximum Gasteiger partial charge on any atom is 0.118 e. The zero-order valence-electron chi connectivity index (χ0n) is 9.57. The summed E-state index contributed by atoms with van der Waals surface area (Å²) in [6.07, 6.45) is 1.88. The van der Waals surface area contributed by atoms with Crippen molar-refractivity contribution in [1.29, 1.82) is 0 Å². The van der Waals surface area contributed by atoms with E-state index in [2.05, 4.69) is 12.1 Å². The zero-order chi connectivity index (χ0) is 11.1. The maximum absolute atomic E-state index is 5.51. The van der Waals surface area contributed by atoms with E-state index < -0.39 is 0 Å².